The van der Waals surface area contributed by atoms with Gasteiger partial charge in [0.15, 0.2) is 5.69 Å². The smallest absolute Gasteiger partial charge is 0.409 e. The van der Waals surface area contributed by atoms with Crippen LogP contribution < -0.4 is 5.73 Å². The zero-order valence-corrected chi connectivity index (χ0v) is 11.0. The molecule has 104 valence electrons. The van der Waals surface area contributed by atoms with Crippen molar-refractivity contribution in [2.45, 2.75) is 0 Å². The summed E-state index contributed by atoms with van der Waals surface area (Å²) in [5.74, 6) is -0.206. The minimum Gasteiger partial charge on any atom is -0.453 e. The van der Waals surface area contributed by atoms with Gasteiger partial charge in [-0.25, -0.2) is 4.79 Å². The first-order valence-corrected chi connectivity index (χ1v) is 5.94. The fourth-order valence-electron chi connectivity index (χ4n) is 2.04. The van der Waals surface area contributed by atoms with Crippen molar-refractivity contribution in [3.63, 3.8) is 0 Å². The molecule has 0 bridgehead atoms. The molecule has 0 aliphatic carbocycles. The molecule has 0 saturated carbocycles. The van der Waals surface area contributed by atoms with Crippen LogP contribution in [0.3, 0.4) is 0 Å². The summed E-state index contributed by atoms with van der Waals surface area (Å²) < 4.78 is 6.15. The molecule has 0 unspecified atom stereocenters. The molecule has 0 atom stereocenters. The largest absolute Gasteiger partial charge is 0.453 e. The van der Waals surface area contributed by atoms with Gasteiger partial charge in [0.25, 0.3) is 5.91 Å². The molecule has 8 nitrogen and oxygen atoms in total. The molecule has 19 heavy (non-hydrogen) atoms. The molecule has 8 heteroatoms. The van der Waals surface area contributed by atoms with Crippen molar-refractivity contribution in [1.29, 1.82) is 0 Å². The maximum atomic E-state index is 12.2. The lowest BCUT2D eigenvalue weighted by Crippen LogP contribution is -2.50. The van der Waals surface area contributed by atoms with Gasteiger partial charge in [-0.05, 0) is 0 Å². The average Bonchev–Trinajstić information content (AvgIpc) is 2.76. The number of nitrogen functional groups attached to an aromatic ring is 1. The van der Waals surface area contributed by atoms with Crippen molar-refractivity contribution in [3.05, 3.63) is 11.9 Å². The summed E-state index contributed by atoms with van der Waals surface area (Å²) in [5.41, 5.74) is 6.35. The second-order valence-electron chi connectivity index (χ2n) is 4.36. The van der Waals surface area contributed by atoms with Crippen molar-refractivity contribution in [3.8, 4) is 0 Å². The Balaban J connectivity index is 2.00. The van der Waals surface area contributed by atoms with Gasteiger partial charge >= 0.3 is 6.09 Å². The van der Waals surface area contributed by atoms with E-state index < -0.39 is 0 Å². The van der Waals surface area contributed by atoms with E-state index in [0.29, 0.717) is 31.9 Å². The molecule has 2 amide bonds. The van der Waals surface area contributed by atoms with E-state index in [9.17, 15) is 9.59 Å². The van der Waals surface area contributed by atoms with Crippen LogP contribution in [-0.2, 0) is 11.8 Å². The summed E-state index contributed by atoms with van der Waals surface area (Å²) in [6, 6.07) is 0. The minimum atomic E-state index is -0.371. The summed E-state index contributed by atoms with van der Waals surface area (Å²) in [7, 11) is 3.05. The highest BCUT2D eigenvalue weighted by Crippen LogP contribution is 2.13. The van der Waals surface area contributed by atoms with E-state index in [2.05, 4.69) is 9.84 Å². The van der Waals surface area contributed by atoms with Crippen molar-refractivity contribution in [1.82, 2.24) is 19.6 Å². The number of nitrogens with two attached hydrogens (primary N) is 1. The number of hydrogen-bond acceptors (Lipinski definition) is 5. The Kier molecular flexibility index (Phi) is 3.59. The number of hydrogen-bond donors (Lipinski definition) is 1. The molecular weight excluding hydrogens is 250 g/mol. The number of carbonyl (C=O) groups excluding carboxylic acids is 2. The van der Waals surface area contributed by atoms with Gasteiger partial charge in [-0.15, -0.1) is 0 Å². The fourth-order valence-corrected chi connectivity index (χ4v) is 2.04. The summed E-state index contributed by atoms with van der Waals surface area (Å²) >= 11 is 0. The number of ether oxygens (including phenoxy) is 1. The van der Waals surface area contributed by atoms with E-state index in [-0.39, 0.29) is 17.7 Å². The molecule has 1 aliphatic heterocycles. The second-order valence-corrected chi connectivity index (χ2v) is 4.36. The zero-order chi connectivity index (χ0) is 14.0. The molecule has 2 heterocycles. The molecule has 1 fully saturated rings. The van der Waals surface area contributed by atoms with Crippen LogP contribution in [0, 0.1) is 0 Å². The van der Waals surface area contributed by atoms with E-state index in [1.165, 1.54) is 11.8 Å². The number of carbonyl (C=O) groups is 2. The number of anilines is 1. The fraction of sp³-hybridized carbons (Fsp3) is 0.545. The molecule has 2 rings (SSSR count). The monoisotopic (exact) mass is 267 g/mol. The lowest BCUT2D eigenvalue weighted by Gasteiger charge is -2.33. The Morgan fingerprint density at radius 2 is 1.84 bits per heavy atom. The number of aromatic nitrogens is 2. The van der Waals surface area contributed by atoms with Crippen LogP contribution in [0.25, 0.3) is 0 Å². The second kappa shape index (κ2) is 5.17. The first kappa shape index (κ1) is 13.2. The lowest BCUT2D eigenvalue weighted by atomic mass is 10.2. The standard InChI is InChI=1S/C11H17N5O3/c1-14-7-8(12)9(13-14)10(17)15-3-5-16(6-4-15)11(18)19-2/h7H,3-6,12H2,1-2H3. The van der Waals surface area contributed by atoms with Gasteiger partial charge < -0.3 is 20.3 Å². The Morgan fingerprint density at radius 3 is 2.32 bits per heavy atom. The number of aryl methyl sites for hydroxylation is 1. The van der Waals surface area contributed by atoms with Crippen molar-refractivity contribution < 1.29 is 14.3 Å². The molecule has 1 aromatic heterocycles. The van der Waals surface area contributed by atoms with Gasteiger partial charge in [0.2, 0.25) is 0 Å². The van der Waals surface area contributed by atoms with E-state index in [0.717, 1.165) is 0 Å². The van der Waals surface area contributed by atoms with Crippen LogP contribution in [0.5, 0.6) is 0 Å². The van der Waals surface area contributed by atoms with Gasteiger partial charge in [0.1, 0.15) is 0 Å². The highest BCUT2D eigenvalue weighted by Gasteiger charge is 2.27. The van der Waals surface area contributed by atoms with Gasteiger partial charge in [0.05, 0.1) is 12.8 Å². The molecule has 1 aliphatic rings. The minimum absolute atomic E-state index is 0.206. The number of amides is 2. The molecule has 0 radical (unpaired) electrons. The van der Waals surface area contributed by atoms with Crippen LogP contribution in [0.4, 0.5) is 10.5 Å². The van der Waals surface area contributed by atoms with Crippen molar-refractivity contribution >= 4 is 17.7 Å². The van der Waals surface area contributed by atoms with E-state index in [1.54, 1.807) is 23.0 Å². The number of rotatable bonds is 1. The van der Waals surface area contributed by atoms with Crippen LogP contribution in [-0.4, -0.2) is 64.9 Å². The summed E-state index contributed by atoms with van der Waals surface area (Å²) in [4.78, 5) is 26.7. The van der Waals surface area contributed by atoms with Gasteiger partial charge in [-0.1, -0.05) is 0 Å². The predicted octanol–water partition coefficient (Wildman–Crippen LogP) is -0.473. The summed E-state index contributed by atoms with van der Waals surface area (Å²) in [6.45, 7) is 1.80. The third-order valence-electron chi connectivity index (χ3n) is 3.06. The molecule has 1 saturated heterocycles. The van der Waals surface area contributed by atoms with Crippen LogP contribution in [0.2, 0.25) is 0 Å². The Morgan fingerprint density at radius 1 is 1.26 bits per heavy atom. The Hall–Kier alpha value is -2.25. The van der Waals surface area contributed by atoms with E-state index >= 15 is 0 Å². The maximum absolute atomic E-state index is 12.2. The molecular formula is C11H17N5O3. The maximum Gasteiger partial charge on any atom is 0.409 e. The van der Waals surface area contributed by atoms with E-state index in [4.69, 9.17) is 5.73 Å². The number of methoxy groups -OCH3 is 1. The first-order chi connectivity index (χ1) is 9.02. The Bertz CT molecular complexity index is 491. The third kappa shape index (κ3) is 2.61. The van der Waals surface area contributed by atoms with Gasteiger partial charge in [-0.3, -0.25) is 9.48 Å². The topological polar surface area (TPSA) is 93.7 Å². The summed E-state index contributed by atoms with van der Waals surface area (Å²) in [5, 5.41) is 4.05. The number of piperazine rings is 1. The van der Waals surface area contributed by atoms with Crippen LogP contribution >= 0.6 is 0 Å². The molecule has 0 aromatic carbocycles. The third-order valence-corrected chi connectivity index (χ3v) is 3.06. The van der Waals surface area contributed by atoms with Crippen molar-refractivity contribution in [2.75, 3.05) is 39.0 Å². The Labute approximate surface area is 110 Å². The SMILES string of the molecule is COC(=O)N1CCN(C(=O)c2nn(C)cc2N)CC1. The van der Waals surface area contributed by atoms with Gasteiger partial charge in [0, 0.05) is 39.4 Å². The first-order valence-electron chi connectivity index (χ1n) is 5.94. The van der Waals surface area contributed by atoms with Gasteiger partial charge in [-0.2, -0.15) is 5.10 Å². The summed E-state index contributed by atoms with van der Waals surface area (Å²) in [6.07, 6.45) is 1.22. The van der Waals surface area contributed by atoms with Crippen molar-refractivity contribution in [2.24, 2.45) is 7.05 Å². The lowest BCUT2D eigenvalue weighted by molar-refractivity contribution is 0.0595. The highest BCUT2D eigenvalue weighted by atomic mass is 16.5. The molecule has 2 N–H and O–H groups in total. The molecule has 1 aromatic rings. The predicted molar refractivity (Wildman–Crippen MR) is 67.5 cm³/mol. The van der Waals surface area contributed by atoms with Crippen LogP contribution in [0.1, 0.15) is 10.5 Å². The normalized spacial score (nSPS) is 15.5. The highest BCUT2D eigenvalue weighted by molar-refractivity contribution is 5.97. The molecule has 0 spiro atoms. The average molecular weight is 267 g/mol. The number of nitrogens with zero attached hydrogens (tertiary/aromatic N) is 4. The van der Waals surface area contributed by atoms with E-state index in [1.807, 2.05) is 0 Å². The zero-order valence-electron chi connectivity index (χ0n) is 11.0. The quantitative estimate of drug-likeness (QED) is 0.742. The van der Waals surface area contributed by atoms with Crippen LogP contribution in [0.15, 0.2) is 6.20 Å².